The van der Waals surface area contributed by atoms with E-state index in [-0.39, 0.29) is 5.91 Å². The summed E-state index contributed by atoms with van der Waals surface area (Å²) in [7, 11) is 0. The summed E-state index contributed by atoms with van der Waals surface area (Å²) in [5, 5.41) is 2.95. The van der Waals surface area contributed by atoms with Crippen molar-refractivity contribution >= 4 is 11.6 Å². The SMILES string of the molecule is CC(C)Cc1ccc(NC(=O)CCc2ccccc2)cc1. The third kappa shape index (κ3) is 5.42. The molecule has 0 bridgehead atoms. The Labute approximate surface area is 127 Å². The third-order valence-electron chi connectivity index (χ3n) is 3.37. The average Bonchev–Trinajstić information content (AvgIpc) is 2.48. The number of rotatable bonds is 6. The van der Waals surface area contributed by atoms with E-state index in [1.807, 2.05) is 42.5 Å². The molecule has 2 heteroatoms. The molecule has 0 fully saturated rings. The molecule has 0 spiro atoms. The number of benzene rings is 2. The van der Waals surface area contributed by atoms with Crippen molar-refractivity contribution in [1.29, 1.82) is 0 Å². The molecule has 2 aromatic carbocycles. The monoisotopic (exact) mass is 281 g/mol. The van der Waals surface area contributed by atoms with Gasteiger partial charge < -0.3 is 5.32 Å². The van der Waals surface area contributed by atoms with Crippen LogP contribution in [0.15, 0.2) is 54.6 Å². The molecule has 0 saturated heterocycles. The molecule has 0 aliphatic rings. The molecule has 2 nitrogen and oxygen atoms in total. The summed E-state index contributed by atoms with van der Waals surface area (Å²) in [6, 6.07) is 18.2. The van der Waals surface area contributed by atoms with Crippen LogP contribution in [0.25, 0.3) is 0 Å². The molecule has 110 valence electrons. The Kier molecular flexibility index (Phi) is 5.56. The second-order valence-electron chi connectivity index (χ2n) is 5.83. The lowest BCUT2D eigenvalue weighted by Crippen LogP contribution is -2.12. The van der Waals surface area contributed by atoms with E-state index < -0.39 is 0 Å². The molecule has 21 heavy (non-hydrogen) atoms. The first kappa shape index (κ1) is 15.3. The maximum atomic E-state index is 11.9. The molecule has 0 aliphatic heterocycles. The van der Waals surface area contributed by atoms with Crippen LogP contribution in [-0.2, 0) is 17.6 Å². The molecule has 0 atom stereocenters. The molecule has 2 aromatic rings. The van der Waals surface area contributed by atoms with Crippen LogP contribution in [0.3, 0.4) is 0 Å². The molecule has 0 aliphatic carbocycles. The minimum absolute atomic E-state index is 0.0652. The summed E-state index contributed by atoms with van der Waals surface area (Å²) in [6.07, 6.45) is 2.36. The zero-order valence-corrected chi connectivity index (χ0v) is 12.8. The van der Waals surface area contributed by atoms with Gasteiger partial charge in [-0.3, -0.25) is 4.79 Å². The van der Waals surface area contributed by atoms with Gasteiger partial charge in [-0.05, 0) is 42.0 Å². The van der Waals surface area contributed by atoms with Gasteiger partial charge in [0.1, 0.15) is 0 Å². The highest BCUT2D eigenvalue weighted by Crippen LogP contribution is 2.13. The van der Waals surface area contributed by atoms with Gasteiger partial charge in [-0.2, -0.15) is 0 Å². The molecule has 0 aromatic heterocycles. The summed E-state index contributed by atoms with van der Waals surface area (Å²) in [5.74, 6) is 0.715. The Morgan fingerprint density at radius 1 is 0.952 bits per heavy atom. The molecular formula is C19H23NO. The van der Waals surface area contributed by atoms with Crippen LogP contribution < -0.4 is 5.32 Å². The van der Waals surface area contributed by atoms with Crippen molar-refractivity contribution in [3.05, 3.63) is 65.7 Å². The summed E-state index contributed by atoms with van der Waals surface area (Å²) in [5.41, 5.74) is 3.38. The molecule has 2 rings (SSSR count). The van der Waals surface area contributed by atoms with Crippen LogP contribution in [0.5, 0.6) is 0 Å². The van der Waals surface area contributed by atoms with Gasteiger partial charge >= 0.3 is 0 Å². The van der Waals surface area contributed by atoms with Crippen molar-refractivity contribution in [3.63, 3.8) is 0 Å². The Hall–Kier alpha value is -2.09. The maximum absolute atomic E-state index is 11.9. The van der Waals surface area contributed by atoms with Gasteiger partial charge in [-0.1, -0.05) is 56.3 Å². The van der Waals surface area contributed by atoms with E-state index >= 15 is 0 Å². The predicted octanol–water partition coefficient (Wildman–Crippen LogP) is 4.46. The number of aryl methyl sites for hydroxylation is 1. The van der Waals surface area contributed by atoms with Crippen molar-refractivity contribution in [1.82, 2.24) is 0 Å². The first-order valence-corrected chi connectivity index (χ1v) is 7.56. The Morgan fingerprint density at radius 2 is 1.62 bits per heavy atom. The zero-order chi connectivity index (χ0) is 15.1. The zero-order valence-electron chi connectivity index (χ0n) is 12.8. The molecule has 1 amide bonds. The fraction of sp³-hybridized carbons (Fsp3) is 0.316. The van der Waals surface area contributed by atoms with E-state index in [0.717, 1.165) is 18.5 Å². The van der Waals surface area contributed by atoms with E-state index in [1.165, 1.54) is 11.1 Å². The van der Waals surface area contributed by atoms with Gasteiger partial charge in [0.15, 0.2) is 0 Å². The summed E-state index contributed by atoms with van der Waals surface area (Å²) in [6.45, 7) is 4.42. The summed E-state index contributed by atoms with van der Waals surface area (Å²) in [4.78, 5) is 11.9. The minimum atomic E-state index is 0.0652. The molecular weight excluding hydrogens is 258 g/mol. The minimum Gasteiger partial charge on any atom is -0.326 e. The first-order chi connectivity index (χ1) is 10.1. The largest absolute Gasteiger partial charge is 0.326 e. The number of hydrogen-bond acceptors (Lipinski definition) is 1. The van der Waals surface area contributed by atoms with Gasteiger partial charge in [-0.15, -0.1) is 0 Å². The van der Waals surface area contributed by atoms with E-state index in [9.17, 15) is 4.79 Å². The van der Waals surface area contributed by atoms with Gasteiger partial charge in [0.2, 0.25) is 5.91 Å². The number of nitrogens with one attached hydrogen (secondary N) is 1. The number of amides is 1. The van der Waals surface area contributed by atoms with Crippen LogP contribution in [0.1, 0.15) is 31.4 Å². The van der Waals surface area contributed by atoms with Gasteiger partial charge in [0.05, 0.1) is 0 Å². The quantitative estimate of drug-likeness (QED) is 0.832. The number of carbonyl (C=O) groups is 1. The third-order valence-corrected chi connectivity index (χ3v) is 3.37. The lowest BCUT2D eigenvalue weighted by molar-refractivity contribution is -0.116. The van der Waals surface area contributed by atoms with Crippen molar-refractivity contribution in [3.8, 4) is 0 Å². The highest BCUT2D eigenvalue weighted by atomic mass is 16.1. The van der Waals surface area contributed by atoms with Gasteiger partial charge in [0, 0.05) is 12.1 Å². The molecule has 0 saturated carbocycles. The Bertz CT molecular complexity index is 558. The van der Waals surface area contributed by atoms with Crippen LogP contribution in [0.2, 0.25) is 0 Å². The van der Waals surface area contributed by atoms with E-state index in [4.69, 9.17) is 0 Å². The van der Waals surface area contributed by atoms with Gasteiger partial charge in [-0.25, -0.2) is 0 Å². The van der Waals surface area contributed by atoms with Crippen LogP contribution >= 0.6 is 0 Å². The van der Waals surface area contributed by atoms with E-state index in [0.29, 0.717) is 12.3 Å². The molecule has 1 N–H and O–H groups in total. The van der Waals surface area contributed by atoms with E-state index in [1.54, 1.807) is 0 Å². The van der Waals surface area contributed by atoms with Crippen molar-refractivity contribution < 1.29 is 4.79 Å². The van der Waals surface area contributed by atoms with Crippen LogP contribution in [0, 0.1) is 5.92 Å². The summed E-state index contributed by atoms with van der Waals surface area (Å²) < 4.78 is 0. The van der Waals surface area contributed by atoms with E-state index in [2.05, 4.69) is 31.3 Å². The van der Waals surface area contributed by atoms with Crippen molar-refractivity contribution in [2.24, 2.45) is 5.92 Å². The second kappa shape index (κ2) is 7.63. The van der Waals surface area contributed by atoms with Crippen LogP contribution in [0.4, 0.5) is 5.69 Å². The standard InChI is InChI=1S/C19H23NO/c1-15(2)14-17-8-11-18(12-9-17)20-19(21)13-10-16-6-4-3-5-7-16/h3-9,11-12,15H,10,13-14H2,1-2H3,(H,20,21). The lowest BCUT2D eigenvalue weighted by Gasteiger charge is -2.08. The topological polar surface area (TPSA) is 29.1 Å². The highest BCUT2D eigenvalue weighted by Gasteiger charge is 2.04. The lowest BCUT2D eigenvalue weighted by atomic mass is 10.0. The normalized spacial score (nSPS) is 10.6. The second-order valence-corrected chi connectivity index (χ2v) is 5.83. The summed E-state index contributed by atoms with van der Waals surface area (Å²) >= 11 is 0. The average molecular weight is 281 g/mol. The van der Waals surface area contributed by atoms with Crippen molar-refractivity contribution in [2.75, 3.05) is 5.32 Å². The number of anilines is 1. The predicted molar refractivity (Wildman–Crippen MR) is 88.4 cm³/mol. The van der Waals surface area contributed by atoms with Crippen LogP contribution in [-0.4, -0.2) is 5.91 Å². The van der Waals surface area contributed by atoms with Crippen molar-refractivity contribution in [2.45, 2.75) is 33.1 Å². The van der Waals surface area contributed by atoms with Gasteiger partial charge in [0.25, 0.3) is 0 Å². The maximum Gasteiger partial charge on any atom is 0.224 e. The Morgan fingerprint density at radius 3 is 2.24 bits per heavy atom. The fourth-order valence-electron chi connectivity index (χ4n) is 2.32. The Balaban J connectivity index is 1.82. The highest BCUT2D eigenvalue weighted by molar-refractivity contribution is 5.90. The first-order valence-electron chi connectivity index (χ1n) is 7.56. The fourth-order valence-corrected chi connectivity index (χ4v) is 2.32. The number of carbonyl (C=O) groups excluding carboxylic acids is 1. The number of hydrogen-bond donors (Lipinski definition) is 1. The molecule has 0 heterocycles. The molecule has 0 unspecified atom stereocenters. The molecule has 0 radical (unpaired) electrons. The smallest absolute Gasteiger partial charge is 0.224 e.